The summed E-state index contributed by atoms with van der Waals surface area (Å²) in [7, 11) is 1.31. The summed E-state index contributed by atoms with van der Waals surface area (Å²) >= 11 is 7.86. The molecule has 1 saturated carbocycles. The van der Waals surface area contributed by atoms with E-state index in [4.69, 9.17) is 25.8 Å². The molecule has 42 heavy (non-hydrogen) atoms. The van der Waals surface area contributed by atoms with Gasteiger partial charge in [0.05, 0.1) is 43.2 Å². The van der Waals surface area contributed by atoms with Crippen LogP contribution in [0.2, 0.25) is 5.02 Å². The van der Waals surface area contributed by atoms with Crippen molar-refractivity contribution in [2.75, 3.05) is 50.2 Å². The topological polar surface area (TPSA) is 148 Å². The maximum absolute atomic E-state index is 12.8. The average Bonchev–Trinajstić information content (AvgIpc) is 3.57. The summed E-state index contributed by atoms with van der Waals surface area (Å²) in [6.07, 6.45) is 5.73. The number of alkyl carbamates (subject to hydrolysis) is 1. The van der Waals surface area contributed by atoms with Crippen molar-refractivity contribution in [1.29, 1.82) is 0 Å². The molecule has 2 aliphatic heterocycles. The van der Waals surface area contributed by atoms with Crippen LogP contribution in [0.5, 0.6) is 0 Å². The number of carbonyl (C=O) groups is 2. The number of hydrogen-bond donors (Lipinski definition) is 3. The smallest absolute Gasteiger partial charge is 0.407 e. The molecule has 0 aromatic carbocycles. The van der Waals surface area contributed by atoms with Gasteiger partial charge >= 0.3 is 12.1 Å². The number of anilines is 2. The van der Waals surface area contributed by atoms with E-state index < -0.39 is 23.3 Å². The maximum Gasteiger partial charge on any atom is 0.407 e. The first-order chi connectivity index (χ1) is 19.9. The number of rotatable bonds is 8. The first kappa shape index (κ1) is 30.6. The van der Waals surface area contributed by atoms with Crippen molar-refractivity contribution < 1.29 is 28.9 Å². The summed E-state index contributed by atoms with van der Waals surface area (Å²) in [6, 6.07) is 1.59. The van der Waals surface area contributed by atoms with E-state index in [-0.39, 0.29) is 17.2 Å². The summed E-state index contributed by atoms with van der Waals surface area (Å²) in [4.78, 5) is 41.5. The standard InChI is InChI=1S/C28H37ClN6O6S/c1-26(2,3)41-25(37)33-18-14-40-16-27(18)8-11-35(12-9-27)23-21(24(36)39-4)34-19(13-31-23)42-17-5-10-30-22(20(17)29)32-15-28(38)6-7-28/h5,10,13,18,38H,6-9,11-12,14-16H2,1-4H3,(H,30,32)(H,33,37)/t18-/m1/s1. The summed E-state index contributed by atoms with van der Waals surface area (Å²) in [5.74, 6) is 0.324. The fourth-order valence-corrected chi connectivity index (χ4v) is 6.23. The van der Waals surface area contributed by atoms with Crippen molar-refractivity contribution in [1.82, 2.24) is 20.3 Å². The van der Waals surface area contributed by atoms with Crippen molar-refractivity contribution in [2.24, 2.45) is 5.41 Å². The molecule has 5 rings (SSSR count). The fourth-order valence-electron chi connectivity index (χ4n) is 5.15. The second kappa shape index (κ2) is 12.0. The minimum atomic E-state index is -0.695. The Bertz CT molecular complexity index is 1330. The van der Waals surface area contributed by atoms with Gasteiger partial charge in [0.1, 0.15) is 16.4 Å². The van der Waals surface area contributed by atoms with E-state index in [1.165, 1.54) is 18.9 Å². The normalized spacial score (nSPS) is 20.7. The van der Waals surface area contributed by atoms with Crippen LogP contribution in [0.15, 0.2) is 28.4 Å². The molecule has 228 valence electrons. The van der Waals surface area contributed by atoms with Crippen LogP contribution < -0.4 is 15.5 Å². The van der Waals surface area contributed by atoms with Gasteiger partial charge in [-0.2, -0.15) is 0 Å². The van der Waals surface area contributed by atoms with Crippen LogP contribution in [-0.4, -0.2) is 89.3 Å². The van der Waals surface area contributed by atoms with Crippen molar-refractivity contribution in [3.8, 4) is 0 Å². The van der Waals surface area contributed by atoms with Gasteiger partial charge in [0, 0.05) is 36.1 Å². The van der Waals surface area contributed by atoms with Crippen molar-refractivity contribution in [2.45, 2.75) is 73.6 Å². The van der Waals surface area contributed by atoms with Crippen LogP contribution in [0.25, 0.3) is 0 Å². The lowest BCUT2D eigenvalue weighted by Crippen LogP contribution is -2.53. The number of halogens is 1. The molecule has 0 radical (unpaired) electrons. The number of nitrogens with one attached hydrogen (secondary N) is 2. The summed E-state index contributed by atoms with van der Waals surface area (Å²) in [6.45, 7) is 8.02. The Morgan fingerprint density at radius 2 is 1.98 bits per heavy atom. The number of methoxy groups -OCH3 is 1. The van der Waals surface area contributed by atoms with E-state index in [0.29, 0.717) is 59.4 Å². The predicted molar refractivity (Wildman–Crippen MR) is 157 cm³/mol. The SMILES string of the molecule is COC(=O)c1nc(Sc2ccnc(NCC3(O)CC3)c2Cl)cnc1N1CCC2(CC1)COC[C@H]2NC(=O)OC(C)(C)C. The van der Waals surface area contributed by atoms with Gasteiger partial charge in [-0.3, -0.25) is 0 Å². The van der Waals surface area contributed by atoms with Crippen molar-refractivity contribution in [3.63, 3.8) is 0 Å². The monoisotopic (exact) mass is 620 g/mol. The van der Waals surface area contributed by atoms with E-state index in [9.17, 15) is 14.7 Å². The van der Waals surface area contributed by atoms with Crippen LogP contribution in [-0.2, 0) is 14.2 Å². The van der Waals surface area contributed by atoms with Gasteiger partial charge in [-0.25, -0.2) is 24.5 Å². The molecule has 0 bridgehead atoms. The van der Waals surface area contributed by atoms with Crippen LogP contribution in [0.3, 0.4) is 0 Å². The number of amides is 1. The van der Waals surface area contributed by atoms with Crippen LogP contribution in [0, 0.1) is 5.41 Å². The summed E-state index contributed by atoms with van der Waals surface area (Å²) in [5.41, 5.74) is -1.40. The largest absolute Gasteiger partial charge is 0.464 e. The third-order valence-electron chi connectivity index (χ3n) is 7.75. The van der Waals surface area contributed by atoms with E-state index >= 15 is 0 Å². The van der Waals surface area contributed by atoms with Crippen molar-refractivity contribution in [3.05, 3.63) is 29.2 Å². The zero-order chi connectivity index (χ0) is 30.1. The Balaban J connectivity index is 1.28. The number of nitrogens with zero attached hydrogens (tertiary/aromatic N) is 4. The molecule has 2 saturated heterocycles. The highest BCUT2D eigenvalue weighted by Crippen LogP contribution is 2.42. The number of hydrogen-bond acceptors (Lipinski definition) is 12. The number of ether oxygens (including phenoxy) is 3. The van der Waals surface area contributed by atoms with Gasteiger partial charge in [-0.15, -0.1) is 0 Å². The Kier molecular flexibility index (Phi) is 8.75. The fraction of sp³-hybridized carbons (Fsp3) is 0.607. The Morgan fingerprint density at radius 1 is 1.24 bits per heavy atom. The highest BCUT2D eigenvalue weighted by atomic mass is 35.5. The van der Waals surface area contributed by atoms with Gasteiger partial charge < -0.3 is 34.9 Å². The number of pyridine rings is 1. The summed E-state index contributed by atoms with van der Waals surface area (Å²) < 4.78 is 16.3. The zero-order valence-corrected chi connectivity index (χ0v) is 25.8. The Labute approximate surface area is 254 Å². The molecule has 0 unspecified atom stereocenters. The molecule has 3 N–H and O–H groups in total. The molecular weight excluding hydrogens is 584 g/mol. The number of esters is 1. The minimum absolute atomic E-state index is 0.115. The van der Waals surface area contributed by atoms with Gasteiger partial charge in [-0.05, 0) is 52.5 Å². The maximum atomic E-state index is 12.8. The van der Waals surface area contributed by atoms with Crippen molar-refractivity contribution >= 4 is 47.1 Å². The van der Waals surface area contributed by atoms with Crippen LogP contribution >= 0.6 is 23.4 Å². The highest BCUT2D eigenvalue weighted by molar-refractivity contribution is 7.99. The molecule has 1 aliphatic carbocycles. The van der Waals surface area contributed by atoms with E-state index in [2.05, 4.69) is 25.6 Å². The molecule has 2 aromatic rings. The van der Waals surface area contributed by atoms with Gasteiger partial charge in [-0.1, -0.05) is 23.4 Å². The van der Waals surface area contributed by atoms with E-state index in [0.717, 1.165) is 25.7 Å². The second-order valence-corrected chi connectivity index (χ2v) is 13.5. The third-order valence-corrected chi connectivity index (χ3v) is 9.21. The molecule has 1 atom stereocenters. The van der Waals surface area contributed by atoms with Gasteiger partial charge in [0.2, 0.25) is 0 Å². The molecule has 3 aliphatic rings. The lowest BCUT2D eigenvalue weighted by atomic mass is 9.74. The molecular formula is C28H37ClN6O6S. The van der Waals surface area contributed by atoms with Gasteiger partial charge in [0.25, 0.3) is 0 Å². The predicted octanol–water partition coefficient (Wildman–Crippen LogP) is 3.91. The third kappa shape index (κ3) is 7.01. The lowest BCUT2D eigenvalue weighted by Gasteiger charge is -2.42. The zero-order valence-electron chi connectivity index (χ0n) is 24.2. The molecule has 1 spiro atoms. The van der Waals surface area contributed by atoms with Gasteiger partial charge in [0.15, 0.2) is 11.5 Å². The highest BCUT2D eigenvalue weighted by Gasteiger charge is 2.47. The number of aliphatic hydroxyl groups is 1. The van der Waals surface area contributed by atoms with E-state index in [1.54, 1.807) is 18.5 Å². The first-order valence-electron chi connectivity index (χ1n) is 14.0. The molecule has 12 nitrogen and oxygen atoms in total. The number of piperidine rings is 1. The lowest BCUT2D eigenvalue weighted by molar-refractivity contribution is 0.0454. The minimum Gasteiger partial charge on any atom is -0.464 e. The number of carbonyl (C=O) groups excluding carboxylic acids is 2. The molecule has 3 fully saturated rings. The summed E-state index contributed by atoms with van der Waals surface area (Å²) in [5, 5.41) is 17.1. The molecule has 14 heteroatoms. The first-order valence-corrected chi connectivity index (χ1v) is 15.2. The molecule has 4 heterocycles. The molecule has 2 aromatic heterocycles. The quantitative estimate of drug-likeness (QED) is 0.367. The van der Waals surface area contributed by atoms with E-state index in [1.807, 2.05) is 25.7 Å². The number of aromatic nitrogens is 3. The second-order valence-electron chi connectivity index (χ2n) is 12.1. The Hall–Kier alpha value is -2.87. The Morgan fingerprint density at radius 3 is 2.64 bits per heavy atom. The molecule has 1 amide bonds. The average molecular weight is 621 g/mol. The van der Waals surface area contributed by atoms with Crippen LogP contribution in [0.1, 0.15) is 56.9 Å². The van der Waals surface area contributed by atoms with Crippen LogP contribution in [0.4, 0.5) is 16.4 Å².